The molecule has 4 aromatic rings. The van der Waals surface area contributed by atoms with Gasteiger partial charge in [-0.1, -0.05) is 12.1 Å². The van der Waals surface area contributed by atoms with Crippen molar-refractivity contribution in [3.8, 4) is 11.4 Å². The van der Waals surface area contributed by atoms with Crippen molar-refractivity contribution in [3.05, 3.63) is 60.4 Å². The molecule has 10 nitrogen and oxygen atoms in total. The van der Waals surface area contributed by atoms with Gasteiger partial charge in [-0.3, -0.25) is 4.34 Å². The lowest BCUT2D eigenvalue weighted by Gasteiger charge is -2.28. The van der Waals surface area contributed by atoms with Crippen LogP contribution < -0.4 is 15.5 Å². The van der Waals surface area contributed by atoms with Crippen LogP contribution in [0.5, 0.6) is 0 Å². The lowest BCUT2D eigenvalue weighted by atomic mass is 10.2. The zero-order chi connectivity index (χ0) is 24.2. The number of anilines is 3. The highest BCUT2D eigenvalue weighted by Crippen LogP contribution is 2.34. The Morgan fingerprint density at radius 2 is 1.69 bits per heavy atom. The van der Waals surface area contributed by atoms with Crippen molar-refractivity contribution in [2.75, 3.05) is 41.8 Å². The Hall–Kier alpha value is -2.86. The minimum Gasteiger partial charge on any atom is -0.392 e. The number of hydrogen-bond donors (Lipinski definition) is 3. The van der Waals surface area contributed by atoms with Crippen molar-refractivity contribution in [3.63, 3.8) is 0 Å². The number of aromatic nitrogens is 4. The first-order valence-corrected chi connectivity index (χ1v) is 15.0. The van der Waals surface area contributed by atoms with E-state index in [1.807, 2.05) is 24.3 Å². The maximum atomic E-state index is 12.4. The molecule has 2 aromatic heterocycles. The number of aliphatic hydroxyl groups is 1. The van der Waals surface area contributed by atoms with Crippen molar-refractivity contribution in [2.24, 2.45) is 0 Å². The van der Waals surface area contributed by atoms with Crippen LogP contribution in [0.3, 0.4) is 0 Å². The second kappa shape index (κ2) is 10.8. The predicted molar refractivity (Wildman–Crippen MR) is 147 cm³/mol. The van der Waals surface area contributed by atoms with E-state index in [9.17, 15) is 4.79 Å². The van der Waals surface area contributed by atoms with Gasteiger partial charge in [0.25, 0.3) is 0 Å². The molecule has 2 aromatic carbocycles. The summed E-state index contributed by atoms with van der Waals surface area (Å²) in [4.78, 5) is 28.7. The largest absolute Gasteiger partial charge is 0.392 e. The lowest BCUT2D eigenvalue weighted by molar-refractivity contribution is 0.122. The molecule has 1 saturated heterocycles. The number of carbonyl (C=O) groups is 1. The number of carbonyl (C=O) groups excluding carboxylic acids is 1. The number of amides is 2. The summed E-state index contributed by atoms with van der Waals surface area (Å²) in [7, 11) is 0. The molecule has 12 heteroatoms. The van der Waals surface area contributed by atoms with Crippen molar-refractivity contribution in [1.82, 2.24) is 19.3 Å². The maximum absolute atomic E-state index is 12.4. The van der Waals surface area contributed by atoms with Crippen LogP contribution in [0.1, 0.15) is 5.56 Å². The molecule has 5 rings (SSSR count). The molecule has 0 aliphatic carbocycles. The van der Waals surface area contributed by atoms with Crippen LogP contribution in [-0.2, 0) is 11.3 Å². The van der Waals surface area contributed by atoms with E-state index < -0.39 is 0 Å². The molecule has 3 N–H and O–H groups in total. The summed E-state index contributed by atoms with van der Waals surface area (Å²) < 4.78 is 7.60. The third-order valence-corrected chi connectivity index (χ3v) is 7.66. The van der Waals surface area contributed by atoms with Gasteiger partial charge < -0.3 is 25.4 Å². The van der Waals surface area contributed by atoms with E-state index in [2.05, 4.69) is 46.9 Å². The van der Waals surface area contributed by atoms with Crippen molar-refractivity contribution >= 4 is 62.8 Å². The summed E-state index contributed by atoms with van der Waals surface area (Å²) in [5.41, 5.74) is 4.49. The molecule has 1 fully saturated rings. The Morgan fingerprint density at radius 1 is 1.03 bits per heavy atom. The quantitative estimate of drug-likeness (QED) is 0.223. The Balaban J connectivity index is 1.36. The molecular formula is C23H23IN7O3P. The van der Waals surface area contributed by atoms with Gasteiger partial charge in [-0.2, -0.15) is 0 Å². The topological polar surface area (TPSA) is 117 Å². The fraction of sp³-hybridized carbons (Fsp3) is 0.217. The normalized spacial score (nSPS) is 14.1. The number of hydrogen-bond acceptors (Lipinski definition) is 7. The second-order valence-corrected chi connectivity index (χ2v) is 9.95. The third-order valence-electron chi connectivity index (χ3n) is 5.58. The molecule has 180 valence electrons. The van der Waals surface area contributed by atoms with Crippen molar-refractivity contribution in [2.45, 2.75) is 6.61 Å². The van der Waals surface area contributed by atoms with Gasteiger partial charge in [-0.05, 0) is 64.0 Å². The van der Waals surface area contributed by atoms with Gasteiger partial charge in [0, 0.05) is 36.4 Å². The molecule has 1 unspecified atom stereocenters. The Bertz CT molecular complexity index is 1330. The monoisotopic (exact) mass is 603 g/mol. The highest BCUT2D eigenvalue weighted by molar-refractivity contribution is 14.2. The number of imidazole rings is 1. The van der Waals surface area contributed by atoms with Gasteiger partial charge in [0.1, 0.15) is 11.8 Å². The molecule has 0 spiro atoms. The molecule has 1 atom stereocenters. The van der Waals surface area contributed by atoms with Crippen molar-refractivity contribution < 1.29 is 14.6 Å². The minimum atomic E-state index is -0.355. The van der Waals surface area contributed by atoms with Gasteiger partial charge in [0.15, 0.2) is 17.3 Å². The molecule has 35 heavy (non-hydrogen) atoms. The summed E-state index contributed by atoms with van der Waals surface area (Å²) >= 11 is 2.33. The fourth-order valence-corrected chi connectivity index (χ4v) is 5.27. The minimum absolute atomic E-state index is 0.0378. The van der Waals surface area contributed by atoms with Crippen LogP contribution in [0.2, 0.25) is 0 Å². The standard InChI is InChI=1S/C23H23IN7O3P/c24-35-31-14-25-21-19(31)22(30-9-11-34-12-10-30)29-20(28-21)16-3-7-18(8-4-16)27-23(33)26-17-5-1-15(13-32)2-6-17/h1-8,14,32,35H,9-13H2,(H2,26,27,33). The average Bonchev–Trinajstić information content (AvgIpc) is 3.33. The highest BCUT2D eigenvalue weighted by Gasteiger charge is 2.21. The summed E-state index contributed by atoms with van der Waals surface area (Å²) in [5.74, 6) is 1.45. The first-order valence-electron chi connectivity index (χ1n) is 11.0. The number of aliphatic hydroxyl groups excluding tert-OH is 1. The number of rotatable bonds is 6. The maximum Gasteiger partial charge on any atom is 0.323 e. The van der Waals surface area contributed by atoms with Gasteiger partial charge in [-0.25, -0.2) is 19.7 Å². The fourth-order valence-electron chi connectivity index (χ4n) is 3.79. The number of nitrogens with one attached hydrogen (secondary N) is 2. The van der Waals surface area contributed by atoms with Crippen molar-refractivity contribution in [1.29, 1.82) is 0 Å². The number of urea groups is 1. The molecule has 1 aliphatic heterocycles. The van der Waals surface area contributed by atoms with Gasteiger partial charge in [0.2, 0.25) is 0 Å². The summed E-state index contributed by atoms with van der Waals surface area (Å²) in [5, 5.41) is 14.7. The molecular weight excluding hydrogens is 580 g/mol. The zero-order valence-electron chi connectivity index (χ0n) is 18.6. The zero-order valence-corrected chi connectivity index (χ0v) is 21.8. The van der Waals surface area contributed by atoms with E-state index in [1.165, 1.54) is 0 Å². The molecule has 0 radical (unpaired) electrons. The van der Waals surface area contributed by atoms with Crippen LogP contribution in [0.4, 0.5) is 22.0 Å². The van der Waals surface area contributed by atoms with Gasteiger partial charge >= 0.3 is 6.03 Å². The van der Waals surface area contributed by atoms with E-state index in [0.29, 0.717) is 42.4 Å². The second-order valence-electron chi connectivity index (χ2n) is 7.85. The molecule has 0 bridgehead atoms. The van der Waals surface area contributed by atoms with Crippen LogP contribution in [0.25, 0.3) is 22.6 Å². The summed E-state index contributed by atoms with van der Waals surface area (Å²) in [6.45, 7) is 2.82. The number of morpholine rings is 1. The molecule has 1 aliphatic rings. The number of fused-ring (bicyclic) bond motifs is 1. The molecule has 0 saturated carbocycles. The molecule has 3 heterocycles. The lowest BCUT2D eigenvalue weighted by Crippen LogP contribution is -2.37. The Morgan fingerprint density at radius 3 is 2.31 bits per heavy atom. The average molecular weight is 603 g/mol. The van der Waals surface area contributed by atoms with Gasteiger partial charge in [-0.15, -0.1) is 0 Å². The van der Waals surface area contributed by atoms with Crippen LogP contribution in [-0.4, -0.2) is 56.7 Å². The van der Waals surface area contributed by atoms with E-state index in [-0.39, 0.29) is 12.6 Å². The molecule has 2 amide bonds. The summed E-state index contributed by atoms with van der Waals surface area (Å²) in [6.07, 6.45) is 2.30. The van der Waals surface area contributed by atoms with Crippen LogP contribution in [0, 0.1) is 0 Å². The van der Waals surface area contributed by atoms with Crippen LogP contribution >= 0.6 is 28.4 Å². The third kappa shape index (κ3) is 5.37. The van der Waals surface area contributed by atoms with E-state index in [0.717, 1.165) is 35.6 Å². The predicted octanol–water partition coefficient (Wildman–Crippen LogP) is 4.26. The van der Waals surface area contributed by atoms with E-state index in [4.69, 9.17) is 19.8 Å². The first-order chi connectivity index (χ1) is 17.1. The van der Waals surface area contributed by atoms with Crippen LogP contribution in [0.15, 0.2) is 54.9 Å². The van der Waals surface area contributed by atoms with E-state index >= 15 is 0 Å². The first kappa shape index (κ1) is 23.9. The number of benzene rings is 2. The van der Waals surface area contributed by atoms with Gasteiger partial charge in [0.05, 0.1) is 19.8 Å². The number of nitrogens with zero attached hydrogens (tertiary/aromatic N) is 5. The Labute approximate surface area is 216 Å². The summed E-state index contributed by atoms with van der Waals surface area (Å²) in [6, 6.07) is 14.0. The Kier molecular flexibility index (Phi) is 7.37. The highest BCUT2D eigenvalue weighted by atomic mass is 127. The smallest absolute Gasteiger partial charge is 0.323 e. The number of ether oxygens (including phenoxy) is 1. The SMILES string of the molecule is O=C(Nc1ccc(CO)cc1)Nc1ccc(-c2nc(N3CCOCC3)c3c(ncn3PI)n2)cc1. The van der Waals surface area contributed by atoms with E-state index in [1.54, 1.807) is 30.6 Å². The number of halogens is 1.